The summed E-state index contributed by atoms with van der Waals surface area (Å²) in [6.45, 7) is 1.46. The number of methoxy groups -OCH3 is 1. The van der Waals surface area contributed by atoms with Crippen molar-refractivity contribution in [2.45, 2.75) is 6.92 Å². The van der Waals surface area contributed by atoms with E-state index in [1.165, 1.54) is 6.92 Å². The third-order valence-electron chi connectivity index (χ3n) is 5.03. The van der Waals surface area contributed by atoms with Gasteiger partial charge in [0.05, 0.1) is 7.11 Å². The van der Waals surface area contributed by atoms with Crippen molar-refractivity contribution in [1.29, 1.82) is 0 Å². The van der Waals surface area contributed by atoms with E-state index in [1.807, 2.05) is 36.4 Å². The number of hydrogen-bond acceptors (Lipinski definition) is 4. The van der Waals surface area contributed by atoms with Crippen LogP contribution in [0.1, 0.15) is 27.8 Å². The number of carbonyl (C=O) groups excluding carboxylic acids is 3. The van der Waals surface area contributed by atoms with E-state index in [0.717, 1.165) is 5.56 Å². The van der Waals surface area contributed by atoms with Crippen LogP contribution >= 0.6 is 0 Å². The summed E-state index contributed by atoms with van der Waals surface area (Å²) in [5.74, 6) is -0.950. The molecule has 2 aromatic carbocycles. The van der Waals surface area contributed by atoms with Gasteiger partial charge in [0.2, 0.25) is 0 Å². The first-order chi connectivity index (χ1) is 15.0. The van der Waals surface area contributed by atoms with E-state index < -0.39 is 11.7 Å². The molecule has 0 fully saturated rings. The second-order valence-corrected chi connectivity index (χ2v) is 7.05. The van der Waals surface area contributed by atoms with Gasteiger partial charge in [0.15, 0.2) is 5.78 Å². The highest BCUT2D eigenvalue weighted by Gasteiger charge is 2.25. The van der Waals surface area contributed by atoms with Gasteiger partial charge in [-0.25, -0.2) is 0 Å². The van der Waals surface area contributed by atoms with Gasteiger partial charge < -0.3 is 14.5 Å². The zero-order valence-corrected chi connectivity index (χ0v) is 17.1. The highest BCUT2D eigenvalue weighted by molar-refractivity contribution is 6.47. The molecular formula is C25H20N2O4. The average Bonchev–Trinajstić information content (AvgIpc) is 3.18. The van der Waals surface area contributed by atoms with Crippen LogP contribution in [-0.4, -0.2) is 29.0 Å². The van der Waals surface area contributed by atoms with Gasteiger partial charge in [-0.1, -0.05) is 30.3 Å². The van der Waals surface area contributed by atoms with Gasteiger partial charge in [-0.05, 0) is 55.0 Å². The molecule has 0 aliphatic heterocycles. The molecule has 0 aliphatic carbocycles. The molecule has 2 heterocycles. The molecule has 0 bridgehead atoms. The van der Waals surface area contributed by atoms with Gasteiger partial charge in [0, 0.05) is 28.5 Å². The fraction of sp³-hybridized carbons (Fsp3) is 0.0800. The van der Waals surface area contributed by atoms with Crippen LogP contribution in [0.2, 0.25) is 0 Å². The number of anilines is 1. The van der Waals surface area contributed by atoms with E-state index in [2.05, 4.69) is 5.32 Å². The fourth-order valence-electron chi connectivity index (χ4n) is 3.42. The first-order valence-corrected chi connectivity index (χ1v) is 9.69. The molecule has 4 rings (SSSR count). The first kappa shape index (κ1) is 20.1. The molecule has 0 aliphatic rings. The lowest BCUT2D eigenvalue weighted by molar-refractivity contribution is -0.112. The Morgan fingerprint density at radius 2 is 1.61 bits per heavy atom. The molecule has 0 saturated heterocycles. The summed E-state index contributed by atoms with van der Waals surface area (Å²) in [5.41, 5.74) is 3.27. The van der Waals surface area contributed by atoms with E-state index in [9.17, 15) is 14.4 Å². The van der Waals surface area contributed by atoms with Crippen molar-refractivity contribution in [2.24, 2.45) is 0 Å². The zero-order valence-electron chi connectivity index (χ0n) is 17.1. The summed E-state index contributed by atoms with van der Waals surface area (Å²) in [7, 11) is 1.55. The van der Waals surface area contributed by atoms with Crippen LogP contribution in [0.4, 0.5) is 5.69 Å². The Labute approximate surface area is 179 Å². The van der Waals surface area contributed by atoms with Gasteiger partial charge in [0.25, 0.3) is 11.7 Å². The van der Waals surface area contributed by atoms with Gasteiger partial charge in [-0.2, -0.15) is 0 Å². The molecule has 1 amide bonds. The van der Waals surface area contributed by atoms with Crippen molar-refractivity contribution in [3.05, 3.63) is 90.3 Å². The highest BCUT2D eigenvalue weighted by Crippen LogP contribution is 2.29. The predicted octanol–water partition coefficient (Wildman–Crippen LogP) is 4.64. The second kappa shape index (κ2) is 8.28. The van der Waals surface area contributed by atoms with Crippen LogP contribution in [0.5, 0.6) is 5.75 Å². The predicted molar refractivity (Wildman–Crippen MR) is 119 cm³/mol. The van der Waals surface area contributed by atoms with Gasteiger partial charge >= 0.3 is 0 Å². The maximum absolute atomic E-state index is 13.3. The van der Waals surface area contributed by atoms with E-state index in [-0.39, 0.29) is 11.5 Å². The number of hydrogen-bond donors (Lipinski definition) is 1. The summed E-state index contributed by atoms with van der Waals surface area (Å²) in [6.07, 6.45) is 1.60. The normalized spacial score (nSPS) is 10.6. The maximum Gasteiger partial charge on any atom is 0.298 e. The lowest BCUT2D eigenvalue weighted by Crippen LogP contribution is -2.24. The number of fused-ring (bicyclic) bond motifs is 1. The second-order valence-electron chi connectivity index (χ2n) is 7.05. The summed E-state index contributed by atoms with van der Waals surface area (Å²) >= 11 is 0. The smallest absolute Gasteiger partial charge is 0.298 e. The number of rotatable bonds is 6. The molecule has 1 N–H and O–H groups in total. The number of pyridine rings is 1. The summed E-state index contributed by atoms with van der Waals surface area (Å²) in [4.78, 5) is 38.0. The first-order valence-electron chi connectivity index (χ1n) is 9.69. The monoisotopic (exact) mass is 412 g/mol. The van der Waals surface area contributed by atoms with Crippen molar-refractivity contribution >= 4 is 28.7 Å². The van der Waals surface area contributed by atoms with E-state index in [1.54, 1.807) is 54.1 Å². The summed E-state index contributed by atoms with van der Waals surface area (Å²) in [5, 5.41) is 2.64. The number of benzene rings is 2. The Bertz CT molecular complexity index is 1290. The van der Waals surface area contributed by atoms with Gasteiger partial charge in [0.1, 0.15) is 11.4 Å². The molecule has 0 spiro atoms. The average molecular weight is 412 g/mol. The van der Waals surface area contributed by atoms with Crippen LogP contribution in [0.15, 0.2) is 79.0 Å². The molecule has 6 heteroatoms. The molecule has 154 valence electrons. The number of amides is 1. The maximum atomic E-state index is 13.3. The Morgan fingerprint density at radius 3 is 2.26 bits per heavy atom. The molecule has 0 unspecified atom stereocenters. The van der Waals surface area contributed by atoms with E-state index in [4.69, 9.17) is 4.74 Å². The zero-order chi connectivity index (χ0) is 22.0. The van der Waals surface area contributed by atoms with E-state index >= 15 is 0 Å². The Morgan fingerprint density at radius 1 is 0.903 bits per heavy atom. The Hall–Kier alpha value is -4.19. The lowest BCUT2D eigenvalue weighted by atomic mass is 10.0. The SMILES string of the molecule is COc1ccc(NC(=O)C(=O)c2c(-c3ccccc3)cc3ccc(C(C)=O)cn23)cc1. The van der Waals surface area contributed by atoms with Crippen LogP contribution in [-0.2, 0) is 4.79 Å². The van der Waals surface area contributed by atoms with Crippen molar-refractivity contribution < 1.29 is 19.1 Å². The largest absolute Gasteiger partial charge is 0.497 e. The molecule has 31 heavy (non-hydrogen) atoms. The van der Waals surface area contributed by atoms with Crippen molar-refractivity contribution in [3.8, 4) is 16.9 Å². The van der Waals surface area contributed by atoms with Crippen LogP contribution in [0.3, 0.4) is 0 Å². The minimum Gasteiger partial charge on any atom is -0.497 e. The van der Waals surface area contributed by atoms with Crippen molar-refractivity contribution in [1.82, 2.24) is 4.40 Å². The quantitative estimate of drug-likeness (QED) is 0.370. The third-order valence-corrected chi connectivity index (χ3v) is 5.03. The minimum absolute atomic E-state index is 0.127. The van der Waals surface area contributed by atoms with Crippen LogP contribution in [0, 0.1) is 0 Å². The number of Topliss-reactive ketones (excluding diaryl/α,β-unsaturated/α-hetero) is 2. The molecule has 0 radical (unpaired) electrons. The summed E-state index contributed by atoms with van der Waals surface area (Å²) in [6, 6.07) is 21.4. The number of carbonyl (C=O) groups is 3. The Balaban J connectivity index is 1.79. The number of nitrogens with zero attached hydrogens (tertiary/aromatic N) is 1. The number of aromatic nitrogens is 1. The molecule has 6 nitrogen and oxygen atoms in total. The van der Waals surface area contributed by atoms with E-state index in [0.29, 0.717) is 28.1 Å². The fourth-order valence-corrected chi connectivity index (χ4v) is 3.42. The molecule has 0 saturated carbocycles. The highest BCUT2D eigenvalue weighted by atomic mass is 16.5. The third kappa shape index (κ3) is 3.96. The molecular weight excluding hydrogens is 392 g/mol. The number of nitrogens with one attached hydrogen (secondary N) is 1. The molecule has 2 aromatic heterocycles. The summed E-state index contributed by atoms with van der Waals surface area (Å²) < 4.78 is 6.72. The number of ether oxygens (including phenoxy) is 1. The standard InChI is InChI=1S/C25H20N2O4/c1-16(28)18-8-11-20-14-22(17-6-4-3-5-7-17)23(27(20)15-18)24(29)25(30)26-19-9-12-21(31-2)13-10-19/h3-15H,1-2H3,(H,26,30). The van der Waals surface area contributed by atoms with Gasteiger partial charge in [-0.15, -0.1) is 0 Å². The minimum atomic E-state index is -0.768. The molecule has 0 atom stereocenters. The molecule has 4 aromatic rings. The van der Waals surface area contributed by atoms with Crippen molar-refractivity contribution in [3.63, 3.8) is 0 Å². The number of ketones is 2. The topological polar surface area (TPSA) is 76.9 Å². The van der Waals surface area contributed by atoms with Gasteiger partial charge in [-0.3, -0.25) is 14.4 Å². The van der Waals surface area contributed by atoms with Crippen molar-refractivity contribution in [2.75, 3.05) is 12.4 Å². The lowest BCUT2D eigenvalue weighted by Gasteiger charge is -2.09. The Kier molecular flexibility index (Phi) is 5.37. The van der Waals surface area contributed by atoms with Crippen LogP contribution < -0.4 is 10.1 Å². The van der Waals surface area contributed by atoms with Crippen LogP contribution in [0.25, 0.3) is 16.6 Å².